The zero-order valence-electron chi connectivity index (χ0n) is 12.7. The summed E-state index contributed by atoms with van der Waals surface area (Å²) in [7, 11) is 0. The fourth-order valence-electron chi connectivity index (χ4n) is 3.31. The Bertz CT molecular complexity index is 410. The van der Waals surface area contributed by atoms with Crippen molar-refractivity contribution in [2.75, 3.05) is 26.2 Å². The van der Waals surface area contributed by atoms with Crippen molar-refractivity contribution in [1.82, 2.24) is 19.8 Å². The molecule has 1 atom stereocenters. The zero-order chi connectivity index (χ0) is 13.8. The van der Waals surface area contributed by atoms with Gasteiger partial charge in [0.1, 0.15) is 0 Å². The average Bonchev–Trinajstić information content (AvgIpc) is 3.20. The van der Waals surface area contributed by atoms with Gasteiger partial charge in [-0.1, -0.05) is 6.92 Å². The van der Waals surface area contributed by atoms with Gasteiger partial charge < -0.3 is 9.88 Å². The number of hydrogen-bond acceptors (Lipinski definition) is 3. The van der Waals surface area contributed by atoms with Gasteiger partial charge in [0.15, 0.2) is 0 Å². The third kappa shape index (κ3) is 3.61. The summed E-state index contributed by atoms with van der Waals surface area (Å²) in [4.78, 5) is 6.98. The molecule has 4 nitrogen and oxygen atoms in total. The second-order valence-corrected chi connectivity index (χ2v) is 6.47. The van der Waals surface area contributed by atoms with Crippen molar-refractivity contribution in [2.45, 2.75) is 51.6 Å². The number of imidazole rings is 1. The standard InChI is InChI=1S/C16H28N4/c1-2-7-17-9-14-4-3-8-19(11-14)12-16-10-18-13-20(16)15-5-6-15/h10,13-15,17H,2-9,11-12H2,1H3. The molecule has 1 saturated carbocycles. The monoisotopic (exact) mass is 276 g/mol. The predicted octanol–water partition coefficient (Wildman–Crippen LogP) is 2.43. The van der Waals surface area contributed by atoms with Gasteiger partial charge in [0, 0.05) is 25.3 Å². The lowest BCUT2D eigenvalue weighted by Crippen LogP contribution is -2.39. The van der Waals surface area contributed by atoms with Crippen LogP contribution in [0.4, 0.5) is 0 Å². The maximum Gasteiger partial charge on any atom is 0.0951 e. The molecule has 0 radical (unpaired) electrons. The van der Waals surface area contributed by atoms with E-state index in [1.54, 1.807) is 0 Å². The van der Waals surface area contributed by atoms with Crippen molar-refractivity contribution in [3.05, 3.63) is 18.2 Å². The number of piperidine rings is 1. The van der Waals surface area contributed by atoms with Crippen LogP contribution >= 0.6 is 0 Å². The fraction of sp³-hybridized carbons (Fsp3) is 0.812. The lowest BCUT2D eigenvalue weighted by molar-refractivity contribution is 0.162. The molecule has 1 aromatic rings. The van der Waals surface area contributed by atoms with Crippen LogP contribution in [0.5, 0.6) is 0 Å². The molecule has 0 amide bonds. The first-order valence-corrected chi connectivity index (χ1v) is 8.30. The first kappa shape index (κ1) is 14.1. The van der Waals surface area contributed by atoms with E-state index in [4.69, 9.17) is 0 Å². The number of rotatable bonds is 7. The molecule has 1 unspecified atom stereocenters. The molecule has 0 aromatic carbocycles. The van der Waals surface area contributed by atoms with Gasteiger partial charge in [-0.15, -0.1) is 0 Å². The molecular formula is C16H28N4. The van der Waals surface area contributed by atoms with Crippen LogP contribution in [0.15, 0.2) is 12.5 Å². The Hall–Kier alpha value is -0.870. The molecule has 20 heavy (non-hydrogen) atoms. The topological polar surface area (TPSA) is 33.1 Å². The molecule has 0 spiro atoms. The summed E-state index contributed by atoms with van der Waals surface area (Å²) >= 11 is 0. The SMILES string of the molecule is CCCNCC1CCCN(Cc2cncn2C2CC2)C1. The van der Waals surface area contributed by atoms with Crippen LogP contribution in [0.3, 0.4) is 0 Å². The zero-order valence-corrected chi connectivity index (χ0v) is 12.7. The molecule has 3 rings (SSSR count). The van der Waals surface area contributed by atoms with Crippen molar-refractivity contribution in [1.29, 1.82) is 0 Å². The first-order valence-electron chi connectivity index (χ1n) is 8.30. The smallest absolute Gasteiger partial charge is 0.0951 e. The second-order valence-electron chi connectivity index (χ2n) is 6.47. The Balaban J connectivity index is 1.50. The van der Waals surface area contributed by atoms with E-state index >= 15 is 0 Å². The number of hydrogen-bond donors (Lipinski definition) is 1. The third-order valence-corrected chi connectivity index (χ3v) is 4.54. The summed E-state index contributed by atoms with van der Waals surface area (Å²) in [6.07, 6.45) is 10.7. The van der Waals surface area contributed by atoms with E-state index in [-0.39, 0.29) is 0 Å². The van der Waals surface area contributed by atoms with Crippen molar-refractivity contribution < 1.29 is 0 Å². The Kier molecular flexibility index (Phi) is 4.73. The van der Waals surface area contributed by atoms with E-state index < -0.39 is 0 Å². The summed E-state index contributed by atoms with van der Waals surface area (Å²) in [5, 5.41) is 3.58. The van der Waals surface area contributed by atoms with Crippen LogP contribution in [-0.4, -0.2) is 40.6 Å². The van der Waals surface area contributed by atoms with E-state index in [1.165, 1.54) is 57.4 Å². The van der Waals surface area contributed by atoms with E-state index in [1.807, 2.05) is 6.33 Å². The van der Waals surface area contributed by atoms with Crippen molar-refractivity contribution in [2.24, 2.45) is 5.92 Å². The molecule has 4 heteroatoms. The number of likely N-dealkylation sites (tertiary alicyclic amines) is 1. The molecule has 2 heterocycles. The summed E-state index contributed by atoms with van der Waals surface area (Å²) in [6.45, 7) is 8.16. The Morgan fingerprint density at radius 3 is 3.05 bits per heavy atom. The maximum absolute atomic E-state index is 4.35. The van der Waals surface area contributed by atoms with Crippen LogP contribution in [0, 0.1) is 5.92 Å². The summed E-state index contributed by atoms with van der Waals surface area (Å²) in [6, 6.07) is 0.749. The van der Waals surface area contributed by atoms with Gasteiger partial charge in [0.2, 0.25) is 0 Å². The predicted molar refractivity (Wildman–Crippen MR) is 81.7 cm³/mol. The van der Waals surface area contributed by atoms with Crippen molar-refractivity contribution in [3.63, 3.8) is 0 Å². The molecule has 2 fully saturated rings. The van der Waals surface area contributed by atoms with Gasteiger partial charge in [0.05, 0.1) is 12.0 Å². The minimum Gasteiger partial charge on any atom is -0.330 e. The molecule has 2 aliphatic rings. The van der Waals surface area contributed by atoms with E-state index in [2.05, 4.69) is 32.9 Å². The average molecular weight is 276 g/mol. The van der Waals surface area contributed by atoms with Crippen LogP contribution in [0.25, 0.3) is 0 Å². The van der Waals surface area contributed by atoms with Crippen molar-refractivity contribution in [3.8, 4) is 0 Å². The van der Waals surface area contributed by atoms with Crippen LogP contribution in [0.1, 0.15) is 50.8 Å². The van der Waals surface area contributed by atoms with Gasteiger partial charge in [-0.05, 0) is 57.7 Å². The number of nitrogens with zero attached hydrogens (tertiary/aromatic N) is 3. The van der Waals surface area contributed by atoms with Gasteiger partial charge in [0.25, 0.3) is 0 Å². The molecule has 0 bridgehead atoms. The third-order valence-electron chi connectivity index (χ3n) is 4.54. The van der Waals surface area contributed by atoms with Crippen LogP contribution < -0.4 is 5.32 Å². The van der Waals surface area contributed by atoms with Crippen LogP contribution in [0.2, 0.25) is 0 Å². The molecule has 1 aromatic heterocycles. The van der Waals surface area contributed by atoms with E-state index in [0.29, 0.717) is 0 Å². The summed E-state index contributed by atoms with van der Waals surface area (Å²) < 4.78 is 2.40. The molecule has 112 valence electrons. The maximum atomic E-state index is 4.35. The van der Waals surface area contributed by atoms with Gasteiger partial charge in [-0.3, -0.25) is 4.90 Å². The molecular weight excluding hydrogens is 248 g/mol. The van der Waals surface area contributed by atoms with Gasteiger partial charge >= 0.3 is 0 Å². The Morgan fingerprint density at radius 1 is 1.35 bits per heavy atom. The summed E-state index contributed by atoms with van der Waals surface area (Å²) in [5.74, 6) is 0.826. The largest absolute Gasteiger partial charge is 0.330 e. The second kappa shape index (κ2) is 6.72. The summed E-state index contributed by atoms with van der Waals surface area (Å²) in [5.41, 5.74) is 1.41. The molecule has 1 aliphatic heterocycles. The van der Waals surface area contributed by atoms with E-state index in [0.717, 1.165) is 25.0 Å². The highest BCUT2D eigenvalue weighted by molar-refractivity contribution is 5.03. The normalized spacial score (nSPS) is 24.1. The minimum absolute atomic E-state index is 0.749. The molecule has 1 aliphatic carbocycles. The number of nitrogens with one attached hydrogen (secondary N) is 1. The molecule has 1 saturated heterocycles. The highest BCUT2D eigenvalue weighted by atomic mass is 15.2. The Labute approximate surface area is 122 Å². The fourth-order valence-corrected chi connectivity index (χ4v) is 3.31. The quantitative estimate of drug-likeness (QED) is 0.777. The minimum atomic E-state index is 0.749. The lowest BCUT2D eigenvalue weighted by atomic mass is 9.98. The van der Waals surface area contributed by atoms with Gasteiger partial charge in [-0.2, -0.15) is 0 Å². The number of aromatic nitrogens is 2. The van der Waals surface area contributed by atoms with E-state index in [9.17, 15) is 0 Å². The highest BCUT2D eigenvalue weighted by Gasteiger charge is 2.26. The van der Waals surface area contributed by atoms with Crippen molar-refractivity contribution >= 4 is 0 Å². The highest BCUT2D eigenvalue weighted by Crippen LogP contribution is 2.36. The molecule has 1 N–H and O–H groups in total. The van der Waals surface area contributed by atoms with Crippen LogP contribution in [-0.2, 0) is 6.54 Å². The Morgan fingerprint density at radius 2 is 2.25 bits per heavy atom. The lowest BCUT2D eigenvalue weighted by Gasteiger charge is -2.33. The first-order chi connectivity index (χ1) is 9.86. The van der Waals surface area contributed by atoms with Gasteiger partial charge in [-0.25, -0.2) is 4.98 Å².